The molecule has 0 unspecified atom stereocenters. The number of ether oxygens (including phenoxy) is 1. The second kappa shape index (κ2) is 10.7. The molecular weight excluding hydrogens is 402 g/mol. The van der Waals surface area contributed by atoms with E-state index in [2.05, 4.69) is 10.6 Å². The van der Waals surface area contributed by atoms with Gasteiger partial charge in [0.05, 0.1) is 5.69 Å². The minimum absolute atomic E-state index is 0.0491. The van der Waals surface area contributed by atoms with E-state index >= 15 is 0 Å². The van der Waals surface area contributed by atoms with Crippen molar-refractivity contribution in [3.8, 4) is 5.75 Å². The average Bonchev–Trinajstić information content (AvgIpc) is 2.77. The smallest absolute Gasteiger partial charge is 0.257 e. The first-order valence-corrected chi connectivity index (χ1v) is 10.9. The third-order valence-electron chi connectivity index (χ3n) is 4.48. The van der Waals surface area contributed by atoms with Gasteiger partial charge in [0.25, 0.3) is 5.91 Å². The number of rotatable bonds is 8. The number of nitrogens with zero attached hydrogens (tertiary/aromatic N) is 1. The Morgan fingerprint density at radius 2 is 1.80 bits per heavy atom. The molecule has 2 aromatic rings. The van der Waals surface area contributed by atoms with Crippen LogP contribution in [-0.2, 0) is 14.4 Å². The summed E-state index contributed by atoms with van der Waals surface area (Å²) < 4.78 is 5.38. The summed E-state index contributed by atoms with van der Waals surface area (Å²) >= 11 is 1.74. The van der Waals surface area contributed by atoms with Crippen LogP contribution in [-0.4, -0.2) is 43.2 Å². The molecule has 1 aliphatic rings. The summed E-state index contributed by atoms with van der Waals surface area (Å²) in [6, 6.07) is 14.6. The van der Waals surface area contributed by atoms with Crippen molar-refractivity contribution in [2.75, 3.05) is 35.7 Å². The van der Waals surface area contributed by atoms with Gasteiger partial charge in [0.15, 0.2) is 6.61 Å². The number of amides is 3. The second-order valence-corrected chi connectivity index (χ2v) is 7.81. The van der Waals surface area contributed by atoms with Crippen LogP contribution in [0.25, 0.3) is 0 Å². The lowest BCUT2D eigenvalue weighted by molar-refractivity contribution is -0.123. The Labute approximate surface area is 180 Å². The number of para-hydroxylation sites is 1. The number of likely N-dealkylation sites (N-methyl/N-ethyl adjacent to an activating group) is 1. The topological polar surface area (TPSA) is 87.7 Å². The van der Waals surface area contributed by atoms with Gasteiger partial charge in [-0.1, -0.05) is 12.1 Å². The Hall–Kier alpha value is -3.00. The monoisotopic (exact) mass is 427 g/mol. The normalized spacial score (nSPS) is 12.6. The molecule has 7 nitrogen and oxygen atoms in total. The first-order valence-electron chi connectivity index (χ1n) is 9.88. The van der Waals surface area contributed by atoms with Gasteiger partial charge >= 0.3 is 0 Å². The van der Waals surface area contributed by atoms with Crippen LogP contribution in [0, 0.1) is 0 Å². The molecule has 0 spiro atoms. The summed E-state index contributed by atoms with van der Waals surface area (Å²) in [5.41, 5.74) is 1.53. The van der Waals surface area contributed by atoms with Crippen molar-refractivity contribution >= 4 is 40.9 Å². The zero-order chi connectivity index (χ0) is 21.3. The molecule has 0 radical (unpaired) electrons. The van der Waals surface area contributed by atoms with Crippen LogP contribution in [0.5, 0.6) is 5.75 Å². The van der Waals surface area contributed by atoms with E-state index in [4.69, 9.17) is 4.74 Å². The number of thioether (sulfide) groups is 1. The number of hydrogen-bond acceptors (Lipinski definition) is 5. The number of nitrogens with one attached hydrogen (secondary N) is 2. The molecule has 3 rings (SSSR count). The first-order chi connectivity index (χ1) is 14.6. The minimum Gasteiger partial charge on any atom is -0.484 e. The van der Waals surface area contributed by atoms with Gasteiger partial charge in [-0.3, -0.25) is 14.4 Å². The molecule has 0 saturated heterocycles. The number of hydrogen-bond donors (Lipinski definition) is 2. The molecule has 1 heterocycles. The number of anilines is 2. The van der Waals surface area contributed by atoms with E-state index in [1.54, 1.807) is 40.9 Å². The van der Waals surface area contributed by atoms with Crippen LogP contribution in [0.2, 0.25) is 0 Å². The van der Waals surface area contributed by atoms with Gasteiger partial charge in [-0.15, -0.1) is 11.8 Å². The lowest BCUT2D eigenvalue weighted by Crippen LogP contribution is -2.35. The van der Waals surface area contributed by atoms with E-state index in [0.29, 0.717) is 24.5 Å². The van der Waals surface area contributed by atoms with Gasteiger partial charge in [-0.2, -0.15) is 0 Å². The molecule has 0 fully saturated rings. The highest BCUT2D eigenvalue weighted by Gasteiger charge is 2.22. The first kappa shape index (κ1) is 21.7. The molecule has 3 amide bonds. The fourth-order valence-corrected chi connectivity index (χ4v) is 4.03. The van der Waals surface area contributed by atoms with Crippen molar-refractivity contribution in [2.45, 2.75) is 24.7 Å². The summed E-state index contributed by atoms with van der Waals surface area (Å²) in [5, 5.41) is 5.44. The standard InChI is InChI=1S/C22H25N3O4S/c1-2-23-21(27)15-29-17-9-7-16(8-10-17)24-20(26)11-12-22(28)25-13-14-30-19-6-4-3-5-18(19)25/h3-10H,2,11-15H2,1H3,(H,23,27)(H,24,26). The SMILES string of the molecule is CCNC(=O)COc1ccc(NC(=O)CCC(=O)N2CCSc3ccccc32)cc1. The van der Waals surface area contributed by atoms with E-state index < -0.39 is 0 Å². The molecule has 8 heteroatoms. The third-order valence-corrected chi connectivity index (χ3v) is 5.52. The summed E-state index contributed by atoms with van der Waals surface area (Å²) in [5.74, 6) is 0.931. The van der Waals surface area contributed by atoms with Crippen LogP contribution in [0.3, 0.4) is 0 Å². The van der Waals surface area contributed by atoms with Crippen molar-refractivity contribution in [2.24, 2.45) is 0 Å². The molecule has 0 saturated carbocycles. The Kier molecular flexibility index (Phi) is 7.73. The fraction of sp³-hybridized carbons (Fsp3) is 0.318. The van der Waals surface area contributed by atoms with Crippen molar-refractivity contribution < 1.29 is 19.1 Å². The summed E-state index contributed by atoms with van der Waals surface area (Å²) in [6.07, 6.45) is 0.263. The van der Waals surface area contributed by atoms with E-state index in [1.807, 2.05) is 31.2 Å². The molecule has 0 bridgehead atoms. The highest BCUT2D eigenvalue weighted by atomic mass is 32.2. The average molecular weight is 428 g/mol. The van der Waals surface area contributed by atoms with Gasteiger partial charge in [-0.25, -0.2) is 0 Å². The lowest BCUT2D eigenvalue weighted by atomic mass is 10.2. The Morgan fingerprint density at radius 3 is 2.57 bits per heavy atom. The Bertz CT molecular complexity index is 902. The van der Waals surface area contributed by atoms with Crippen LogP contribution in [0.1, 0.15) is 19.8 Å². The number of benzene rings is 2. The highest BCUT2D eigenvalue weighted by Crippen LogP contribution is 2.34. The highest BCUT2D eigenvalue weighted by molar-refractivity contribution is 7.99. The van der Waals surface area contributed by atoms with E-state index in [-0.39, 0.29) is 37.2 Å². The summed E-state index contributed by atoms with van der Waals surface area (Å²) in [7, 11) is 0. The van der Waals surface area contributed by atoms with Crippen LogP contribution in [0.15, 0.2) is 53.4 Å². The predicted octanol–water partition coefficient (Wildman–Crippen LogP) is 3.06. The summed E-state index contributed by atoms with van der Waals surface area (Å²) in [6.45, 7) is 2.99. The van der Waals surface area contributed by atoms with Gasteiger partial charge < -0.3 is 20.3 Å². The lowest BCUT2D eigenvalue weighted by Gasteiger charge is -2.29. The molecule has 30 heavy (non-hydrogen) atoms. The van der Waals surface area contributed by atoms with Gasteiger partial charge in [0, 0.05) is 42.3 Å². The maximum Gasteiger partial charge on any atom is 0.257 e. The fourth-order valence-electron chi connectivity index (χ4n) is 3.04. The van der Waals surface area contributed by atoms with E-state index in [1.165, 1.54) is 0 Å². The summed E-state index contributed by atoms with van der Waals surface area (Å²) in [4.78, 5) is 39.1. The van der Waals surface area contributed by atoms with Crippen molar-refractivity contribution in [3.63, 3.8) is 0 Å². The third kappa shape index (κ3) is 6.00. The van der Waals surface area contributed by atoms with Gasteiger partial charge in [0.1, 0.15) is 5.75 Å². The molecule has 0 aliphatic carbocycles. The maximum atomic E-state index is 12.6. The van der Waals surface area contributed by atoms with Crippen LogP contribution < -0.4 is 20.3 Å². The Balaban J connectivity index is 1.46. The zero-order valence-corrected chi connectivity index (χ0v) is 17.7. The van der Waals surface area contributed by atoms with Crippen molar-refractivity contribution in [1.29, 1.82) is 0 Å². The molecule has 0 aromatic heterocycles. The molecule has 158 valence electrons. The Morgan fingerprint density at radius 1 is 1.03 bits per heavy atom. The number of fused-ring (bicyclic) bond motifs is 1. The van der Waals surface area contributed by atoms with Gasteiger partial charge in [-0.05, 0) is 43.3 Å². The minimum atomic E-state index is -0.223. The zero-order valence-electron chi connectivity index (χ0n) is 16.8. The largest absolute Gasteiger partial charge is 0.484 e. The van der Waals surface area contributed by atoms with Crippen LogP contribution in [0.4, 0.5) is 11.4 Å². The second-order valence-electron chi connectivity index (χ2n) is 6.68. The van der Waals surface area contributed by atoms with Crippen molar-refractivity contribution in [1.82, 2.24) is 5.32 Å². The predicted molar refractivity (Wildman–Crippen MR) is 118 cm³/mol. The number of carbonyl (C=O) groups is 3. The number of carbonyl (C=O) groups excluding carboxylic acids is 3. The molecule has 2 aromatic carbocycles. The molecule has 1 aliphatic heterocycles. The van der Waals surface area contributed by atoms with Crippen molar-refractivity contribution in [3.05, 3.63) is 48.5 Å². The molecule has 2 N–H and O–H groups in total. The molecular formula is C22H25N3O4S. The molecule has 0 atom stereocenters. The quantitative estimate of drug-likeness (QED) is 0.676. The van der Waals surface area contributed by atoms with E-state index in [9.17, 15) is 14.4 Å². The van der Waals surface area contributed by atoms with Crippen LogP contribution >= 0.6 is 11.8 Å². The van der Waals surface area contributed by atoms with Gasteiger partial charge in [0.2, 0.25) is 11.8 Å². The van der Waals surface area contributed by atoms with E-state index in [0.717, 1.165) is 16.3 Å². The maximum absolute atomic E-state index is 12.6.